The van der Waals surface area contributed by atoms with Crippen molar-refractivity contribution < 1.29 is 4.42 Å². The third kappa shape index (κ3) is 4.19. The fourth-order valence-electron chi connectivity index (χ4n) is 8.23. The van der Waals surface area contributed by atoms with Crippen LogP contribution >= 0.6 is 0 Å². The molecule has 8 aromatic carbocycles. The molecule has 0 radical (unpaired) electrons. The Kier molecular flexibility index (Phi) is 5.96. The minimum atomic E-state index is 0.885. The summed E-state index contributed by atoms with van der Waals surface area (Å²) < 4.78 is 11.6. The highest BCUT2D eigenvalue weighted by molar-refractivity contribution is 6.24. The van der Waals surface area contributed by atoms with Crippen LogP contribution in [0.4, 0.5) is 0 Å². The number of nitrogens with zero attached hydrogens (tertiary/aromatic N) is 2. The second kappa shape index (κ2) is 10.8. The highest BCUT2D eigenvalue weighted by Crippen LogP contribution is 2.43. The molecule has 0 saturated carbocycles. The van der Waals surface area contributed by atoms with E-state index in [0.717, 1.165) is 49.7 Å². The highest BCUT2D eigenvalue weighted by atomic mass is 16.3. The highest BCUT2D eigenvalue weighted by Gasteiger charge is 2.20. The first-order valence-corrected chi connectivity index (χ1v) is 17.4. The molecule has 3 heterocycles. The van der Waals surface area contributed by atoms with Crippen LogP contribution in [0.1, 0.15) is 0 Å². The quantitative estimate of drug-likeness (QED) is 0.186. The molecule has 3 aromatic heterocycles. The molecule has 0 aliphatic carbocycles. The fraction of sp³-hybridized carbons (Fsp3) is 0. The second-order valence-corrected chi connectivity index (χ2v) is 13.3. The van der Waals surface area contributed by atoms with Crippen LogP contribution in [0.15, 0.2) is 186 Å². The van der Waals surface area contributed by atoms with Gasteiger partial charge in [-0.05, 0) is 89.0 Å². The summed E-state index contributed by atoms with van der Waals surface area (Å²) in [6.07, 6.45) is 0. The topological polar surface area (TPSA) is 23.0 Å². The first kappa shape index (κ1) is 28.0. The summed E-state index contributed by atoms with van der Waals surface area (Å²) in [6, 6.07) is 65.4. The average Bonchev–Trinajstić information content (AvgIpc) is 3.86. The number of fused-ring (bicyclic) bond motifs is 10. The standard InChI is InChI=1S/C48H30N2O/c1-3-13-31(14-4-1)33-27-34(32-15-5-2-6-16-32)29-36(28-33)50-44-22-12-9-19-40(44)47-45(50)25-24-39-41-30-35(23-26-46(41)51-48(39)47)49-42-20-10-7-17-37(42)38-18-8-11-21-43(38)49/h1-30H. The molecule has 0 fully saturated rings. The number of benzene rings is 8. The smallest absolute Gasteiger partial charge is 0.145 e. The Bertz CT molecular complexity index is 3010. The van der Waals surface area contributed by atoms with E-state index in [1.807, 2.05) is 0 Å². The molecule has 0 bridgehead atoms. The van der Waals surface area contributed by atoms with Crippen LogP contribution < -0.4 is 0 Å². The lowest BCUT2D eigenvalue weighted by atomic mass is 9.98. The van der Waals surface area contributed by atoms with Gasteiger partial charge in [0, 0.05) is 38.3 Å². The summed E-state index contributed by atoms with van der Waals surface area (Å²) in [6.45, 7) is 0. The molecule has 0 amide bonds. The molecule has 0 N–H and O–H groups in total. The van der Waals surface area contributed by atoms with E-state index in [4.69, 9.17) is 4.42 Å². The van der Waals surface area contributed by atoms with Gasteiger partial charge in [-0.1, -0.05) is 115 Å². The molecule has 0 aliphatic rings. The molecular weight excluding hydrogens is 621 g/mol. The van der Waals surface area contributed by atoms with Gasteiger partial charge in [-0.2, -0.15) is 0 Å². The van der Waals surface area contributed by atoms with Crippen LogP contribution in [0.3, 0.4) is 0 Å². The van der Waals surface area contributed by atoms with Crippen molar-refractivity contribution in [3.05, 3.63) is 182 Å². The Balaban J connectivity index is 1.17. The second-order valence-electron chi connectivity index (χ2n) is 13.3. The van der Waals surface area contributed by atoms with Crippen LogP contribution in [-0.4, -0.2) is 9.13 Å². The molecule has 238 valence electrons. The zero-order chi connectivity index (χ0) is 33.5. The van der Waals surface area contributed by atoms with Gasteiger partial charge < -0.3 is 13.6 Å². The van der Waals surface area contributed by atoms with Gasteiger partial charge in [0.05, 0.1) is 27.5 Å². The van der Waals surface area contributed by atoms with Crippen molar-refractivity contribution in [1.29, 1.82) is 0 Å². The van der Waals surface area contributed by atoms with Gasteiger partial charge in [-0.3, -0.25) is 0 Å². The molecule has 11 aromatic rings. The Labute approximate surface area is 293 Å². The van der Waals surface area contributed by atoms with Crippen molar-refractivity contribution >= 4 is 65.6 Å². The third-order valence-corrected chi connectivity index (χ3v) is 10.5. The van der Waals surface area contributed by atoms with Gasteiger partial charge in [-0.25, -0.2) is 0 Å². The number of rotatable bonds is 4. The van der Waals surface area contributed by atoms with Crippen LogP contribution in [0.25, 0.3) is 99.2 Å². The van der Waals surface area contributed by atoms with E-state index in [2.05, 4.69) is 191 Å². The summed E-state index contributed by atoms with van der Waals surface area (Å²) in [7, 11) is 0. The zero-order valence-electron chi connectivity index (χ0n) is 27.6. The summed E-state index contributed by atoms with van der Waals surface area (Å²) in [5, 5.41) is 7.04. The van der Waals surface area contributed by atoms with Gasteiger partial charge in [0.1, 0.15) is 11.2 Å². The van der Waals surface area contributed by atoms with Crippen molar-refractivity contribution in [2.75, 3.05) is 0 Å². The van der Waals surface area contributed by atoms with E-state index in [0.29, 0.717) is 0 Å². The Morgan fingerprint density at radius 2 is 0.843 bits per heavy atom. The maximum absolute atomic E-state index is 6.83. The zero-order valence-corrected chi connectivity index (χ0v) is 27.6. The molecule has 51 heavy (non-hydrogen) atoms. The first-order chi connectivity index (χ1) is 25.3. The van der Waals surface area contributed by atoms with Crippen LogP contribution in [0.5, 0.6) is 0 Å². The van der Waals surface area contributed by atoms with Crippen LogP contribution in [-0.2, 0) is 0 Å². The van der Waals surface area contributed by atoms with E-state index in [9.17, 15) is 0 Å². The summed E-state index contributed by atoms with van der Waals surface area (Å²) in [5.74, 6) is 0. The van der Waals surface area contributed by atoms with Gasteiger partial charge in [0.15, 0.2) is 0 Å². The molecular formula is C48H30N2O. The number of aromatic nitrogens is 2. The van der Waals surface area contributed by atoms with Crippen molar-refractivity contribution in [3.8, 4) is 33.6 Å². The SMILES string of the molecule is c1ccc(-c2cc(-c3ccccc3)cc(-n3c4ccccc4c4c5oc6ccc(-n7c8ccccc8c8ccccc87)cc6c5ccc43)c2)cc1. The number of furan rings is 1. The molecule has 11 rings (SSSR count). The predicted octanol–water partition coefficient (Wildman–Crippen LogP) is 13.1. The minimum absolute atomic E-state index is 0.885. The molecule has 3 heteroatoms. The molecule has 0 atom stereocenters. The van der Waals surface area contributed by atoms with E-state index >= 15 is 0 Å². The molecule has 3 nitrogen and oxygen atoms in total. The number of hydrogen-bond donors (Lipinski definition) is 0. The van der Waals surface area contributed by atoms with E-state index in [1.165, 1.54) is 49.4 Å². The van der Waals surface area contributed by atoms with Crippen molar-refractivity contribution in [2.45, 2.75) is 0 Å². The van der Waals surface area contributed by atoms with E-state index in [-0.39, 0.29) is 0 Å². The fourth-order valence-corrected chi connectivity index (χ4v) is 8.23. The van der Waals surface area contributed by atoms with E-state index in [1.54, 1.807) is 0 Å². The predicted molar refractivity (Wildman–Crippen MR) is 213 cm³/mol. The van der Waals surface area contributed by atoms with Gasteiger partial charge >= 0.3 is 0 Å². The lowest BCUT2D eigenvalue weighted by Gasteiger charge is -2.14. The number of hydrogen-bond acceptors (Lipinski definition) is 1. The molecule has 0 unspecified atom stereocenters. The monoisotopic (exact) mass is 650 g/mol. The molecule has 0 aliphatic heterocycles. The van der Waals surface area contributed by atoms with Crippen molar-refractivity contribution in [2.24, 2.45) is 0 Å². The normalized spacial score (nSPS) is 11.9. The maximum Gasteiger partial charge on any atom is 0.145 e. The number of para-hydroxylation sites is 3. The van der Waals surface area contributed by atoms with Gasteiger partial charge in [-0.15, -0.1) is 0 Å². The van der Waals surface area contributed by atoms with Gasteiger partial charge in [0.2, 0.25) is 0 Å². The summed E-state index contributed by atoms with van der Waals surface area (Å²) in [5.41, 5.74) is 13.4. The Morgan fingerprint density at radius 3 is 1.47 bits per heavy atom. The third-order valence-electron chi connectivity index (χ3n) is 10.5. The van der Waals surface area contributed by atoms with Crippen molar-refractivity contribution in [3.63, 3.8) is 0 Å². The average molecular weight is 651 g/mol. The summed E-state index contributed by atoms with van der Waals surface area (Å²) >= 11 is 0. The Hall–Kier alpha value is -6.84. The van der Waals surface area contributed by atoms with Crippen LogP contribution in [0, 0.1) is 0 Å². The van der Waals surface area contributed by atoms with E-state index < -0.39 is 0 Å². The molecule has 0 spiro atoms. The maximum atomic E-state index is 6.83. The Morgan fingerprint density at radius 1 is 0.314 bits per heavy atom. The van der Waals surface area contributed by atoms with Crippen molar-refractivity contribution in [1.82, 2.24) is 9.13 Å². The lowest BCUT2D eigenvalue weighted by molar-refractivity contribution is 0.673. The largest absolute Gasteiger partial charge is 0.455 e. The van der Waals surface area contributed by atoms with Crippen LogP contribution in [0.2, 0.25) is 0 Å². The lowest BCUT2D eigenvalue weighted by Crippen LogP contribution is -1.96. The molecule has 0 saturated heterocycles. The van der Waals surface area contributed by atoms with Gasteiger partial charge in [0.25, 0.3) is 0 Å². The summed E-state index contributed by atoms with van der Waals surface area (Å²) in [4.78, 5) is 0. The first-order valence-electron chi connectivity index (χ1n) is 17.4. The minimum Gasteiger partial charge on any atom is -0.455 e.